The topological polar surface area (TPSA) is 58.4 Å². The Morgan fingerprint density at radius 2 is 2.24 bits per heavy atom. The highest BCUT2D eigenvalue weighted by atomic mass is 16.2. The lowest BCUT2D eigenvalue weighted by molar-refractivity contribution is -0.122. The highest BCUT2D eigenvalue weighted by Gasteiger charge is 2.24. The number of likely N-dealkylation sites (tertiary alicyclic amines) is 1. The molecule has 0 radical (unpaired) electrons. The Morgan fingerprint density at radius 1 is 1.53 bits per heavy atom. The number of nitrogens with zero attached hydrogens (tertiary/aromatic N) is 1. The van der Waals surface area contributed by atoms with Crippen molar-refractivity contribution >= 4 is 5.91 Å². The first-order valence-corrected chi connectivity index (χ1v) is 6.82. The molecule has 1 aliphatic rings. The van der Waals surface area contributed by atoms with Crippen LogP contribution in [0.2, 0.25) is 0 Å². The molecule has 2 atom stereocenters. The zero-order valence-electron chi connectivity index (χ0n) is 11.4. The number of amides is 1. The van der Waals surface area contributed by atoms with Crippen LogP contribution in [0.1, 0.15) is 40.0 Å². The third-order valence-electron chi connectivity index (χ3n) is 3.55. The minimum absolute atomic E-state index is 0.00912. The number of nitrogens with two attached hydrogens (primary N) is 1. The van der Waals surface area contributed by atoms with Crippen LogP contribution < -0.4 is 11.1 Å². The largest absolute Gasteiger partial charge is 0.354 e. The maximum atomic E-state index is 11.7. The zero-order valence-corrected chi connectivity index (χ0v) is 11.4. The fourth-order valence-corrected chi connectivity index (χ4v) is 2.32. The molecule has 17 heavy (non-hydrogen) atoms. The maximum Gasteiger partial charge on any atom is 0.236 e. The lowest BCUT2D eigenvalue weighted by atomic mass is 10.1. The van der Waals surface area contributed by atoms with Gasteiger partial charge in [0.15, 0.2) is 0 Å². The Labute approximate surface area is 105 Å². The number of carbonyl (C=O) groups is 1. The molecule has 1 unspecified atom stereocenters. The number of carbonyl (C=O) groups excluding carboxylic acids is 1. The van der Waals surface area contributed by atoms with E-state index in [4.69, 9.17) is 5.73 Å². The molecule has 0 spiro atoms. The van der Waals surface area contributed by atoms with E-state index < -0.39 is 0 Å². The first-order chi connectivity index (χ1) is 8.04. The van der Waals surface area contributed by atoms with Crippen molar-refractivity contribution in [3.8, 4) is 0 Å². The van der Waals surface area contributed by atoms with Crippen molar-refractivity contribution in [2.75, 3.05) is 19.6 Å². The summed E-state index contributed by atoms with van der Waals surface area (Å²) in [6, 6.07) is 0.278. The molecule has 0 aromatic rings. The molecule has 3 N–H and O–H groups in total. The Hall–Kier alpha value is -0.610. The van der Waals surface area contributed by atoms with Gasteiger partial charge in [-0.3, -0.25) is 4.79 Å². The highest BCUT2D eigenvalue weighted by molar-refractivity contribution is 5.81. The summed E-state index contributed by atoms with van der Waals surface area (Å²) in [7, 11) is 0. The first kappa shape index (κ1) is 14.5. The van der Waals surface area contributed by atoms with Gasteiger partial charge in [-0.25, -0.2) is 0 Å². The summed E-state index contributed by atoms with van der Waals surface area (Å²) in [4.78, 5) is 14.1. The van der Waals surface area contributed by atoms with E-state index >= 15 is 0 Å². The molecular weight excluding hydrogens is 214 g/mol. The molecule has 4 heteroatoms. The van der Waals surface area contributed by atoms with E-state index in [-0.39, 0.29) is 11.9 Å². The first-order valence-electron chi connectivity index (χ1n) is 6.82. The lowest BCUT2D eigenvalue weighted by Crippen LogP contribution is -2.42. The monoisotopic (exact) mass is 241 g/mol. The second kappa shape index (κ2) is 6.97. The molecule has 1 amide bonds. The summed E-state index contributed by atoms with van der Waals surface area (Å²) >= 11 is 0. The van der Waals surface area contributed by atoms with Gasteiger partial charge in [0.05, 0.1) is 6.04 Å². The Kier molecular flexibility index (Phi) is 5.92. The fraction of sp³-hybridized carbons (Fsp3) is 0.923. The molecule has 0 aliphatic carbocycles. The van der Waals surface area contributed by atoms with Gasteiger partial charge < -0.3 is 16.0 Å². The summed E-state index contributed by atoms with van der Waals surface area (Å²) in [5.41, 5.74) is 5.77. The maximum absolute atomic E-state index is 11.7. The van der Waals surface area contributed by atoms with Crippen molar-refractivity contribution in [3.05, 3.63) is 0 Å². The Bertz CT molecular complexity index is 243. The second-order valence-corrected chi connectivity index (χ2v) is 5.38. The van der Waals surface area contributed by atoms with E-state index in [0.717, 1.165) is 32.5 Å². The van der Waals surface area contributed by atoms with Crippen molar-refractivity contribution in [1.82, 2.24) is 10.2 Å². The molecule has 1 aliphatic heterocycles. The molecule has 4 nitrogen and oxygen atoms in total. The van der Waals surface area contributed by atoms with Gasteiger partial charge in [0, 0.05) is 19.1 Å². The molecule has 0 saturated carbocycles. The van der Waals surface area contributed by atoms with E-state index in [1.54, 1.807) is 0 Å². The molecule has 100 valence electrons. The van der Waals surface area contributed by atoms with E-state index in [0.29, 0.717) is 12.0 Å². The quantitative estimate of drug-likeness (QED) is 0.728. The fourth-order valence-electron chi connectivity index (χ4n) is 2.32. The molecule has 0 aromatic heterocycles. The van der Waals surface area contributed by atoms with E-state index in [2.05, 4.69) is 24.1 Å². The van der Waals surface area contributed by atoms with Crippen molar-refractivity contribution in [1.29, 1.82) is 0 Å². The molecule has 1 fully saturated rings. The molecule has 0 aromatic carbocycles. The van der Waals surface area contributed by atoms with Crippen LogP contribution in [0.3, 0.4) is 0 Å². The van der Waals surface area contributed by atoms with Crippen LogP contribution in [-0.4, -0.2) is 42.5 Å². The van der Waals surface area contributed by atoms with Crippen LogP contribution >= 0.6 is 0 Å². The minimum atomic E-state index is -0.331. The SMILES string of the molecule is CCC[C@H](N)C(=O)NCC1CCN(C(C)C)C1. The predicted molar refractivity (Wildman–Crippen MR) is 70.7 cm³/mol. The Morgan fingerprint density at radius 3 is 2.76 bits per heavy atom. The van der Waals surface area contributed by atoms with E-state index in [9.17, 15) is 4.79 Å². The van der Waals surface area contributed by atoms with Crippen LogP contribution in [0.15, 0.2) is 0 Å². The number of hydrogen-bond donors (Lipinski definition) is 2. The highest BCUT2D eigenvalue weighted by Crippen LogP contribution is 2.17. The normalized spacial score (nSPS) is 23.0. The van der Waals surface area contributed by atoms with Crippen LogP contribution in [0.5, 0.6) is 0 Å². The van der Waals surface area contributed by atoms with Gasteiger partial charge in [-0.2, -0.15) is 0 Å². The number of rotatable bonds is 6. The van der Waals surface area contributed by atoms with Crippen LogP contribution in [0.4, 0.5) is 0 Å². The zero-order chi connectivity index (χ0) is 12.8. The second-order valence-electron chi connectivity index (χ2n) is 5.38. The van der Waals surface area contributed by atoms with Crippen LogP contribution in [0.25, 0.3) is 0 Å². The predicted octanol–water partition coefficient (Wildman–Crippen LogP) is 0.960. The minimum Gasteiger partial charge on any atom is -0.354 e. The van der Waals surface area contributed by atoms with Crippen LogP contribution in [-0.2, 0) is 4.79 Å². The van der Waals surface area contributed by atoms with Crippen molar-refractivity contribution in [3.63, 3.8) is 0 Å². The standard InChI is InChI=1S/C13H27N3O/c1-4-5-12(14)13(17)15-8-11-6-7-16(9-11)10(2)3/h10-12H,4-9,14H2,1-3H3,(H,15,17)/t11?,12-/m0/s1. The van der Waals surface area contributed by atoms with Gasteiger partial charge >= 0.3 is 0 Å². The molecule has 1 heterocycles. The van der Waals surface area contributed by atoms with Crippen LogP contribution in [0, 0.1) is 5.92 Å². The number of hydrogen-bond acceptors (Lipinski definition) is 3. The molecule has 1 rings (SSSR count). The molecule has 0 bridgehead atoms. The van der Waals surface area contributed by atoms with Gasteiger partial charge in [-0.05, 0) is 39.2 Å². The summed E-state index contributed by atoms with van der Waals surface area (Å²) in [6.07, 6.45) is 2.91. The van der Waals surface area contributed by atoms with E-state index in [1.165, 1.54) is 6.42 Å². The lowest BCUT2D eigenvalue weighted by Gasteiger charge is -2.20. The third kappa shape index (κ3) is 4.64. The average molecular weight is 241 g/mol. The van der Waals surface area contributed by atoms with E-state index in [1.807, 2.05) is 6.92 Å². The van der Waals surface area contributed by atoms with Gasteiger partial charge in [0.1, 0.15) is 0 Å². The summed E-state index contributed by atoms with van der Waals surface area (Å²) in [5, 5.41) is 2.98. The summed E-state index contributed by atoms with van der Waals surface area (Å²) < 4.78 is 0. The van der Waals surface area contributed by atoms with Crippen molar-refractivity contribution in [2.45, 2.75) is 52.1 Å². The van der Waals surface area contributed by atoms with Crippen molar-refractivity contribution < 1.29 is 4.79 Å². The Balaban J connectivity index is 2.21. The van der Waals surface area contributed by atoms with Gasteiger partial charge in [0.2, 0.25) is 5.91 Å². The summed E-state index contributed by atoms with van der Waals surface area (Å²) in [6.45, 7) is 9.51. The molecule has 1 saturated heterocycles. The number of nitrogens with one attached hydrogen (secondary N) is 1. The molecular formula is C13H27N3O. The average Bonchev–Trinajstić information content (AvgIpc) is 2.75. The van der Waals surface area contributed by atoms with Gasteiger partial charge in [0.25, 0.3) is 0 Å². The summed E-state index contributed by atoms with van der Waals surface area (Å²) in [5.74, 6) is 0.602. The van der Waals surface area contributed by atoms with Gasteiger partial charge in [-0.1, -0.05) is 13.3 Å². The third-order valence-corrected chi connectivity index (χ3v) is 3.55. The smallest absolute Gasteiger partial charge is 0.236 e. The van der Waals surface area contributed by atoms with Gasteiger partial charge in [-0.15, -0.1) is 0 Å². The van der Waals surface area contributed by atoms with Crippen molar-refractivity contribution in [2.24, 2.45) is 11.7 Å².